The van der Waals surface area contributed by atoms with Gasteiger partial charge in [0, 0.05) is 13.0 Å². The van der Waals surface area contributed by atoms with Crippen LogP contribution in [-0.2, 0) is 9.59 Å². The third kappa shape index (κ3) is 4.78. The number of aryl methyl sites for hydroxylation is 1. The third-order valence-corrected chi connectivity index (χ3v) is 6.22. The molecule has 0 spiro atoms. The Labute approximate surface area is 166 Å². The van der Waals surface area contributed by atoms with E-state index < -0.39 is 0 Å². The molecule has 1 aliphatic rings. The lowest BCUT2D eigenvalue weighted by atomic mass is 10.2. The number of thioether (sulfide) groups is 1. The van der Waals surface area contributed by atoms with Crippen LogP contribution in [0.15, 0.2) is 22.5 Å². The van der Waals surface area contributed by atoms with Crippen LogP contribution in [0.4, 0.5) is 10.8 Å². The predicted octanol–water partition coefficient (Wildman–Crippen LogP) is 3.49. The molecule has 0 saturated heterocycles. The topological polar surface area (TPSA) is 84.4 Å². The van der Waals surface area contributed by atoms with E-state index in [-0.39, 0.29) is 23.1 Å². The van der Waals surface area contributed by atoms with Gasteiger partial charge in [0.15, 0.2) is 4.34 Å². The number of ether oxygens (including phenoxy) is 1. The van der Waals surface area contributed by atoms with Crippen molar-refractivity contribution < 1.29 is 14.3 Å². The van der Waals surface area contributed by atoms with Crippen molar-refractivity contribution in [2.24, 2.45) is 0 Å². The van der Waals surface area contributed by atoms with Gasteiger partial charge in [-0.1, -0.05) is 29.2 Å². The fourth-order valence-electron chi connectivity index (χ4n) is 2.59. The van der Waals surface area contributed by atoms with Crippen molar-refractivity contribution in [3.05, 3.63) is 23.8 Å². The van der Waals surface area contributed by atoms with Gasteiger partial charge in [0.05, 0.1) is 18.0 Å². The molecule has 144 valence electrons. The van der Waals surface area contributed by atoms with Gasteiger partial charge < -0.3 is 10.1 Å². The average Bonchev–Trinajstić information content (AvgIpc) is 3.34. The molecule has 0 radical (unpaired) electrons. The lowest BCUT2D eigenvalue weighted by molar-refractivity contribution is -0.117. The molecule has 0 aliphatic heterocycles. The van der Waals surface area contributed by atoms with Crippen molar-refractivity contribution in [2.75, 3.05) is 17.3 Å². The van der Waals surface area contributed by atoms with E-state index in [1.807, 2.05) is 32.0 Å². The number of benzene rings is 1. The van der Waals surface area contributed by atoms with Gasteiger partial charge in [0.25, 0.3) is 0 Å². The Bertz CT molecular complexity index is 851. The molecular weight excluding hydrogens is 384 g/mol. The highest BCUT2D eigenvalue weighted by Crippen LogP contribution is 2.37. The van der Waals surface area contributed by atoms with Crippen LogP contribution in [0.1, 0.15) is 32.3 Å². The van der Waals surface area contributed by atoms with Gasteiger partial charge in [0.1, 0.15) is 5.75 Å². The summed E-state index contributed by atoms with van der Waals surface area (Å²) < 4.78 is 5.96. The quantitative estimate of drug-likeness (QED) is 0.560. The summed E-state index contributed by atoms with van der Waals surface area (Å²) >= 11 is 2.67. The predicted molar refractivity (Wildman–Crippen MR) is 108 cm³/mol. The Morgan fingerprint density at radius 3 is 2.74 bits per heavy atom. The molecule has 1 atom stereocenters. The van der Waals surface area contributed by atoms with Crippen LogP contribution in [0.5, 0.6) is 5.75 Å². The Balaban J connectivity index is 1.65. The number of anilines is 2. The molecular formula is C18H22N4O3S2. The van der Waals surface area contributed by atoms with E-state index in [9.17, 15) is 9.59 Å². The number of nitrogens with zero attached hydrogens (tertiary/aromatic N) is 3. The molecule has 1 unspecified atom stereocenters. The molecule has 1 saturated carbocycles. The van der Waals surface area contributed by atoms with E-state index in [2.05, 4.69) is 15.5 Å². The molecule has 1 aromatic carbocycles. The molecule has 3 rings (SSSR count). The first-order valence-corrected chi connectivity index (χ1v) is 10.3. The number of rotatable bonds is 7. The molecule has 1 fully saturated rings. The van der Waals surface area contributed by atoms with Crippen LogP contribution in [0, 0.1) is 6.92 Å². The third-order valence-electron chi connectivity index (χ3n) is 4.11. The summed E-state index contributed by atoms with van der Waals surface area (Å²) in [5, 5.41) is 11.4. The van der Waals surface area contributed by atoms with Gasteiger partial charge in [-0.15, -0.1) is 10.2 Å². The second-order valence-electron chi connectivity index (χ2n) is 6.42. The summed E-state index contributed by atoms with van der Waals surface area (Å²) in [5.41, 5.74) is 1.67. The van der Waals surface area contributed by atoms with Gasteiger partial charge in [-0.3, -0.25) is 14.5 Å². The highest BCUT2D eigenvalue weighted by Gasteiger charge is 2.34. The fourth-order valence-corrected chi connectivity index (χ4v) is 4.69. The van der Waals surface area contributed by atoms with Crippen LogP contribution in [0.25, 0.3) is 0 Å². The lowest BCUT2D eigenvalue weighted by Crippen LogP contribution is -2.30. The second-order valence-corrected chi connectivity index (χ2v) is 8.97. The van der Waals surface area contributed by atoms with E-state index in [0.29, 0.717) is 20.9 Å². The van der Waals surface area contributed by atoms with Gasteiger partial charge >= 0.3 is 0 Å². The Kier molecular flexibility index (Phi) is 6.01. The van der Waals surface area contributed by atoms with Crippen molar-refractivity contribution in [2.45, 2.75) is 49.2 Å². The summed E-state index contributed by atoms with van der Waals surface area (Å²) in [4.78, 5) is 26.1. The molecule has 7 nitrogen and oxygen atoms in total. The van der Waals surface area contributed by atoms with Crippen molar-refractivity contribution in [3.63, 3.8) is 0 Å². The highest BCUT2D eigenvalue weighted by atomic mass is 32.2. The molecule has 27 heavy (non-hydrogen) atoms. The Morgan fingerprint density at radius 2 is 2.11 bits per heavy atom. The molecule has 1 aliphatic carbocycles. The summed E-state index contributed by atoms with van der Waals surface area (Å²) in [5.74, 6) is 0.444. The number of methoxy groups -OCH3 is 1. The van der Waals surface area contributed by atoms with E-state index in [0.717, 1.165) is 18.4 Å². The normalized spacial score (nSPS) is 14.5. The van der Waals surface area contributed by atoms with E-state index in [1.54, 1.807) is 12.0 Å². The van der Waals surface area contributed by atoms with Crippen molar-refractivity contribution >= 4 is 45.7 Å². The molecule has 1 N–H and O–H groups in total. The minimum Gasteiger partial charge on any atom is -0.495 e. The summed E-state index contributed by atoms with van der Waals surface area (Å²) in [6, 6.07) is 5.87. The number of hydrogen-bond donors (Lipinski definition) is 1. The average molecular weight is 407 g/mol. The maximum absolute atomic E-state index is 12.6. The Morgan fingerprint density at radius 1 is 1.37 bits per heavy atom. The SMILES string of the molecule is COc1ccc(C)cc1NC(=O)C(C)Sc1nnc(N(C(C)=O)C2CC2)s1. The first-order chi connectivity index (χ1) is 12.9. The van der Waals surface area contributed by atoms with Crippen molar-refractivity contribution in [1.82, 2.24) is 10.2 Å². The second kappa shape index (κ2) is 8.26. The van der Waals surface area contributed by atoms with Gasteiger partial charge in [0.2, 0.25) is 16.9 Å². The van der Waals surface area contributed by atoms with Gasteiger partial charge in [-0.05, 0) is 44.4 Å². The van der Waals surface area contributed by atoms with Crippen molar-refractivity contribution in [1.29, 1.82) is 0 Å². The summed E-state index contributed by atoms with van der Waals surface area (Å²) in [6.45, 7) is 5.31. The number of nitrogens with one attached hydrogen (secondary N) is 1. The number of hydrogen-bond acceptors (Lipinski definition) is 7. The smallest absolute Gasteiger partial charge is 0.237 e. The molecule has 2 amide bonds. The molecule has 1 aromatic heterocycles. The molecule has 0 bridgehead atoms. The van der Waals surface area contributed by atoms with E-state index in [4.69, 9.17) is 4.74 Å². The lowest BCUT2D eigenvalue weighted by Gasteiger charge is -2.15. The van der Waals surface area contributed by atoms with Gasteiger partial charge in [-0.2, -0.15) is 0 Å². The van der Waals surface area contributed by atoms with Crippen LogP contribution in [-0.4, -0.2) is 40.4 Å². The number of carbonyl (C=O) groups is 2. The molecule has 1 heterocycles. The highest BCUT2D eigenvalue weighted by molar-refractivity contribution is 8.02. The van der Waals surface area contributed by atoms with Crippen LogP contribution >= 0.6 is 23.1 Å². The molecule has 9 heteroatoms. The van der Waals surface area contributed by atoms with Crippen LogP contribution in [0.2, 0.25) is 0 Å². The fraction of sp³-hybridized carbons (Fsp3) is 0.444. The zero-order chi connectivity index (χ0) is 19.6. The number of carbonyl (C=O) groups excluding carboxylic acids is 2. The Hall–Kier alpha value is -2.13. The first-order valence-electron chi connectivity index (χ1n) is 8.64. The zero-order valence-electron chi connectivity index (χ0n) is 15.7. The molecule has 2 aromatic rings. The number of amides is 2. The maximum atomic E-state index is 12.6. The standard InChI is InChI=1S/C18H22N4O3S2/c1-10-5-8-15(25-4)14(9-10)19-16(24)11(2)26-18-21-20-17(27-18)22(12(3)23)13-6-7-13/h5,8-9,11,13H,6-7H2,1-4H3,(H,19,24). The minimum absolute atomic E-state index is 0.0254. The zero-order valence-corrected chi connectivity index (χ0v) is 17.3. The van der Waals surface area contributed by atoms with Crippen molar-refractivity contribution in [3.8, 4) is 5.75 Å². The minimum atomic E-state index is -0.372. The maximum Gasteiger partial charge on any atom is 0.237 e. The largest absolute Gasteiger partial charge is 0.495 e. The monoisotopic (exact) mass is 406 g/mol. The summed E-state index contributed by atoms with van der Waals surface area (Å²) in [7, 11) is 1.57. The first kappa shape index (κ1) is 19.6. The van der Waals surface area contributed by atoms with Crippen LogP contribution < -0.4 is 15.0 Å². The van der Waals surface area contributed by atoms with Crippen LogP contribution in [0.3, 0.4) is 0 Å². The summed E-state index contributed by atoms with van der Waals surface area (Å²) in [6.07, 6.45) is 2.00. The van der Waals surface area contributed by atoms with Gasteiger partial charge in [-0.25, -0.2) is 0 Å². The van der Waals surface area contributed by atoms with E-state index >= 15 is 0 Å². The number of aromatic nitrogens is 2. The van der Waals surface area contributed by atoms with E-state index in [1.165, 1.54) is 30.0 Å².